The number of benzene rings is 1. The van der Waals surface area contributed by atoms with Gasteiger partial charge in [0, 0.05) is 5.56 Å². The van der Waals surface area contributed by atoms with Crippen LogP contribution in [0.5, 0.6) is 0 Å². The Morgan fingerprint density at radius 1 is 1.50 bits per heavy atom. The molecule has 0 saturated heterocycles. The number of imidazole rings is 1. The molecule has 0 spiro atoms. The normalized spacial score (nSPS) is 10.8. The van der Waals surface area contributed by atoms with Crippen molar-refractivity contribution in [3.63, 3.8) is 0 Å². The van der Waals surface area contributed by atoms with Crippen molar-refractivity contribution < 1.29 is 9.50 Å². The Bertz CT molecular complexity index is 525. The van der Waals surface area contributed by atoms with E-state index in [0.29, 0.717) is 21.6 Å². The smallest absolute Gasteiger partial charge is 0.138 e. The zero-order valence-corrected chi connectivity index (χ0v) is 10.2. The first-order valence-corrected chi connectivity index (χ1v) is 5.52. The van der Waals surface area contributed by atoms with Crippen molar-refractivity contribution in [2.24, 2.45) is 0 Å². The summed E-state index contributed by atoms with van der Waals surface area (Å²) in [4.78, 5) is 7.01. The average Bonchev–Trinajstić information content (AvgIpc) is 2.71. The number of hydrogen-bond acceptors (Lipinski definition) is 2. The van der Waals surface area contributed by atoms with Gasteiger partial charge >= 0.3 is 0 Å². The van der Waals surface area contributed by atoms with E-state index in [9.17, 15) is 4.39 Å². The minimum absolute atomic E-state index is 0.106. The van der Waals surface area contributed by atoms with E-state index in [2.05, 4.69) is 25.9 Å². The molecule has 1 aromatic carbocycles. The minimum atomic E-state index is -0.331. The van der Waals surface area contributed by atoms with E-state index in [1.54, 1.807) is 6.07 Å². The number of aromatic amines is 1. The van der Waals surface area contributed by atoms with Crippen molar-refractivity contribution in [1.82, 2.24) is 9.97 Å². The maximum absolute atomic E-state index is 13.4. The van der Waals surface area contributed by atoms with Crippen LogP contribution in [0.3, 0.4) is 0 Å². The van der Waals surface area contributed by atoms with Crippen molar-refractivity contribution in [3.05, 3.63) is 39.9 Å². The van der Waals surface area contributed by atoms with Gasteiger partial charge in [0.05, 0.1) is 23.0 Å². The molecule has 0 saturated carbocycles. The first-order chi connectivity index (χ1) is 7.61. The molecule has 0 bridgehead atoms. The summed E-state index contributed by atoms with van der Waals surface area (Å²) in [7, 11) is 0. The second kappa shape index (κ2) is 4.35. The van der Waals surface area contributed by atoms with Gasteiger partial charge in [0.1, 0.15) is 11.6 Å². The number of aromatic nitrogens is 2. The Labute approximate surface area is 100 Å². The molecule has 0 aliphatic rings. The summed E-state index contributed by atoms with van der Waals surface area (Å²) in [6, 6.07) is 3.12. The van der Waals surface area contributed by atoms with Crippen molar-refractivity contribution >= 4 is 15.9 Å². The highest BCUT2D eigenvalue weighted by Crippen LogP contribution is 2.26. The number of rotatable bonds is 2. The Morgan fingerprint density at radius 3 is 2.88 bits per heavy atom. The van der Waals surface area contributed by atoms with Crippen molar-refractivity contribution in [2.75, 3.05) is 0 Å². The van der Waals surface area contributed by atoms with Crippen LogP contribution >= 0.6 is 15.9 Å². The fourth-order valence-corrected chi connectivity index (χ4v) is 1.94. The van der Waals surface area contributed by atoms with E-state index in [4.69, 9.17) is 5.11 Å². The van der Waals surface area contributed by atoms with E-state index in [0.717, 1.165) is 5.56 Å². The number of nitrogens with zero attached hydrogens (tertiary/aromatic N) is 1. The lowest BCUT2D eigenvalue weighted by molar-refractivity contribution is 0.277. The summed E-state index contributed by atoms with van der Waals surface area (Å²) in [5.74, 6) is 0.232. The number of H-pyrrole nitrogens is 1. The average molecular weight is 285 g/mol. The summed E-state index contributed by atoms with van der Waals surface area (Å²) >= 11 is 3.13. The van der Waals surface area contributed by atoms with Crippen LogP contribution in [0.15, 0.2) is 22.8 Å². The van der Waals surface area contributed by atoms with Crippen LogP contribution < -0.4 is 0 Å². The molecule has 0 fully saturated rings. The van der Waals surface area contributed by atoms with Crippen LogP contribution in [0.4, 0.5) is 4.39 Å². The monoisotopic (exact) mass is 284 g/mol. The van der Waals surface area contributed by atoms with E-state index in [1.165, 1.54) is 12.3 Å². The molecule has 84 valence electrons. The Morgan fingerprint density at radius 2 is 2.25 bits per heavy atom. The maximum atomic E-state index is 13.4. The zero-order valence-electron chi connectivity index (χ0n) is 8.59. The van der Waals surface area contributed by atoms with Crippen LogP contribution in [-0.4, -0.2) is 15.1 Å². The lowest BCUT2D eigenvalue weighted by Gasteiger charge is -2.04. The van der Waals surface area contributed by atoms with Gasteiger partial charge in [0.15, 0.2) is 0 Å². The molecule has 0 radical (unpaired) electrons. The predicted octanol–water partition coefficient (Wildman–Crippen LogP) is 2.78. The molecular weight excluding hydrogens is 275 g/mol. The number of hydrogen-bond donors (Lipinski definition) is 2. The van der Waals surface area contributed by atoms with Gasteiger partial charge in [-0.05, 0) is 40.5 Å². The molecule has 3 nitrogen and oxygen atoms in total. The second-order valence-corrected chi connectivity index (χ2v) is 4.35. The molecule has 2 N–H and O–H groups in total. The van der Waals surface area contributed by atoms with Gasteiger partial charge in [-0.1, -0.05) is 0 Å². The molecule has 2 rings (SSSR count). The molecule has 5 heteroatoms. The molecule has 0 aliphatic carbocycles. The highest BCUT2D eigenvalue weighted by Gasteiger charge is 2.10. The summed E-state index contributed by atoms with van der Waals surface area (Å²) in [5.41, 5.74) is 2.21. The molecule has 0 unspecified atom stereocenters. The van der Waals surface area contributed by atoms with Gasteiger partial charge in [-0.25, -0.2) is 9.37 Å². The Hall–Kier alpha value is -1.20. The third-order valence-corrected chi connectivity index (χ3v) is 2.93. The van der Waals surface area contributed by atoms with E-state index < -0.39 is 0 Å². The van der Waals surface area contributed by atoms with E-state index in [1.807, 2.05) is 6.92 Å². The first-order valence-electron chi connectivity index (χ1n) is 4.72. The van der Waals surface area contributed by atoms with Crippen molar-refractivity contribution in [3.8, 4) is 11.4 Å². The number of nitrogens with one attached hydrogen (secondary N) is 1. The predicted molar refractivity (Wildman–Crippen MR) is 62.3 cm³/mol. The van der Waals surface area contributed by atoms with Gasteiger partial charge in [-0.3, -0.25) is 0 Å². The van der Waals surface area contributed by atoms with Gasteiger partial charge in [-0.2, -0.15) is 0 Å². The van der Waals surface area contributed by atoms with Gasteiger partial charge in [-0.15, -0.1) is 0 Å². The van der Waals surface area contributed by atoms with Gasteiger partial charge in [0.2, 0.25) is 0 Å². The first kappa shape index (κ1) is 11.3. The number of halogens is 2. The molecule has 1 heterocycles. The molecule has 1 aromatic heterocycles. The third-order valence-electron chi connectivity index (χ3n) is 2.32. The Kier molecular flexibility index (Phi) is 3.07. The maximum Gasteiger partial charge on any atom is 0.138 e. The third kappa shape index (κ3) is 2.01. The zero-order chi connectivity index (χ0) is 11.7. The van der Waals surface area contributed by atoms with Gasteiger partial charge in [0.25, 0.3) is 0 Å². The summed E-state index contributed by atoms with van der Waals surface area (Å²) in [6.45, 7) is 1.77. The van der Waals surface area contributed by atoms with Gasteiger partial charge < -0.3 is 10.1 Å². The van der Waals surface area contributed by atoms with Crippen LogP contribution in [-0.2, 0) is 6.61 Å². The van der Waals surface area contributed by atoms with Crippen LogP contribution in [0.25, 0.3) is 11.4 Å². The molecule has 2 aromatic rings. The molecule has 0 amide bonds. The molecule has 16 heavy (non-hydrogen) atoms. The van der Waals surface area contributed by atoms with E-state index in [-0.39, 0.29) is 12.4 Å². The lowest BCUT2D eigenvalue weighted by Crippen LogP contribution is -1.89. The SMILES string of the molecule is Cc1cc(Br)c(F)cc1-c1ncc(CO)[nH]1. The standard InChI is InChI=1S/C11H10BrFN2O/c1-6-2-9(12)10(13)3-8(6)11-14-4-7(5-16)15-11/h2-4,16H,5H2,1H3,(H,14,15). The quantitative estimate of drug-likeness (QED) is 0.891. The number of aliphatic hydroxyl groups excluding tert-OH is 1. The second-order valence-electron chi connectivity index (χ2n) is 3.50. The molecule has 0 aliphatic heterocycles. The highest BCUT2D eigenvalue weighted by atomic mass is 79.9. The fraction of sp³-hybridized carbons (Fsp3) is 0.182. The summed E-state index contributed by atoms with van der Waals surface area (Å²) < 4.78 is 13.8. The highest BCUT2D eigenvalue weighted by molar-refractivity contribution is 9.10. The number of aryl methyl sites for hydroxylation is 1. The van der Waals surface area contributed by atoms with Crippen LogP contribution in [0, 0.1) is 12.7 Å². The lowest BCUT2D eigenvalue weighted by atomic mass is 10.1. The summed E-state index contributed by atoms with van der Waals surface area (Å²) in [6.07, 6.45) is 1.54. The topological polar surface area (TPSA) is 48.9 Å². The largest absolute Gasteiger partial charge is 0.390 e. The molecular formula is C11H10BrFN2O. The van der Waals surface area contributed by atoms with Crippen molar-refractivity contribution in [2.45, 2.75) is 13.5 Å². The summed E-state index contributed by atoms with van der Waals surface area (Å²) in [5, 5.41) is 8.91. The number of aliphatic hydroxyl groups is 1. The minimum Gasteiger partial charge on any atom is -0.390 e. The Balaban J connectivity index is 2.51. The van der Waals surface area contributed by atoms with Crippen LogP contribution in [0.2, 0.25) is 0 Å². The van der Waals surface area contributed by atoms with E-state index >= 15 is 0 Å². The van der Waals surface area contributed by atoms with Crippen molar-refractivity contribution in [1.29, 1.82) is 0 Å². The fourth-order valence-electron chi connectivity index (χ4n) is 1.48. The van der Waals surface area contributed by atoms with Crippen LogP contribution in [0.1, 0.15) is 11.3 Å². The molecule has 0 atom stereocenters.